The van der Waals surface area contributed by atoms with Gasteiger partial charge in [0.1, 0.15) is 18.7 Å². The molecule has 0 bridgehead atoms. The number of amides is 2. The van der Waals surface area contributed by atoms with Crippen LogP contribution in [0.15, 0.2) is 17.8 Å². The predicted molar refractivity (Wildman–Crippen MR) is 113 cm³/mol. The third-order valence-corrected chi connectivity index (χ3v) is 7.77. The third-order valence-electron chi connectivity index (χ3n) is 6.87. The number of thiophene rings is 1. The zero-order valence-electron chi connectivity index (χ0n) is 16.7. The highest BCUT2D eigenvalue weighted by Gasteiger charge is 2.46. The molecule has 0 aromatic carbocycles. The number of anilines is 1. The molecule has 2 aromatic heterocycles. The third kappa shape index (κ3) is 3.37. The van der Waals surface area contributed by atoms with Gasteiger partial charge in [-0.3, -0.25) is 9.59 Å². The summed E-state index contributed by atoms with van der Waals surface area (Å²) < 4.78 is 1.13. The second-order valence-corrected chi connectivity index (χ2v) is 9.38. The molecule has 0 saturated carbocycles. The summed E-state index contributed by atoms with van der Waals surface area (Å²) in [5, 5.41) is 2.06. The number of rotatable bonds is 3. The SMILES string of the molecule is O=C(CN1C(=O)CC[C@@]12CCCN(c1ncnc3ccsc13)CC2)N1CCCC1. The van der Waals surface area contributed by atoms with E-state index in [-0.39, 0.29) is 23.9 Å². The smallest absolute Gasteiger partial charge is 0.242 e. The van der Waals surface area contributed by atoms with Gasteiger partial charge in [-0.15, -0.1) is 11.3 Å². The predicted octanol–water partition coefficient (Wildman–Crippen LogP) is 2.67. The van der Waals surface area contributed by atoms with Gasteiger partial charge in [-0.1, -0.05) is 0 Å². The summed E-state index contributed by atoms with van der Waals surface area (Å²) in [4.78, 5) is 40.6. The van der Waals surface area contributed by atoms with E-state index in [9.17, 15) is 9.59 Å². The van der Waals surface area contributed by atoms with Crippen molar-refractivity contribution in [1.82, 2.24) is 19.8 Å². The molecule has 3 aliphatic rings. The summed E-state index contributed by atoms with van der Waals surface area (Å²) in [6.07, 6.45) is 8.08. The van der Waals surface area contributed by atoms with Gasteiger partial charge in [0, 0.05) is 38.1 Å². The first kappa shape index (κ1) is 18.8. The molecule has 3 fully saturated rings. The summed E-state index contributed by atoms with van der Waals surface area (Å²) in [6.45, 7) is 3.71. The molecule has 0 aliphatic carbocycles. The Bertz CT molecular complexity index is 925. The second kappa shape index (κ2) is 7.55. The first-order valence-corrected chi connectivity index (χ1v) is 11.6. The summed E-state index contributed by atoms with van der Waals surface area (Å²) in [6, 6.07) is 2.03. The number of nitrogens with zero attached hydrogens (tertiary/aromatic N) is 5. The fourth-order valence-corrected chi connectivity index (χ4v) is 6.11. The number of hydrogen-bond acceptors (Lipinski definition) is 6. The summed E-state index contributed by atoms with van der Waals surface area (Å²) in [5.74, 6) is 1.27. The minimum atomic E-state index is -0.178. The molecule has 0 radical (unpaired) electrons. The molecule has 3 aliphatic heterocycles. The lowest BCUT2D eigenvalue weighted by atomic mass is 9.87. The molecule has 2 amide bonds. The largest absolute Gasteiger partial charge is 0.355 e. The topological polar surface area (TPSA) is 69.6 Å². The van der Waals surface area contributed by atoms with Gasteiger partial charge in [0.15, 0.2) is 0 Å². The lowest BCUT2D eigenvalue weighted by Crippen LogP contribution is -2.51. The molecular weight excluding hydrogens is 386 g/mol. The fourth-order valence-electron chi connectivity index (χ4n) is 5.24. The van der Waals surface area contributed by atoms with Crippen LogP contribution in [0.2, 0.25) is 0 Å². The Balaban J connectivity index is 1.34. The maximum Gasteiger partial charge on any atom is 0.242 e. The quantitative estimate of drug-likeness (QED) is 0.774. The van der Waals surface area contributed by atoms with Crippen molar-refractivity contribution in [2.45, 2.75) is 50.5 Å². The van der Waals surface area contributed by atoms with Crippen molar-refractivity contribution in [3.8, 4) is 0 Å². The molecule has 0 N–H and O–H groups in total. The van der Waals surface area contributed by atoms with E-state index in [4.69, 9.17) is 0 Å². The zero-order chi connectivity index (χ0) is 19.8. The highest BCUT2D eigenvalue weighted by atomic mass is 32.1. The van der Waals surface area contributed by atoms with Crippen molar-refractivity contribution in [2.75, 3.05) is 37.6 Å². The minimum Gasteiger partial charge on any atom is -0.355 e. The highest BCUT2D eigenvalue weighted by molar-refractivity contribution is 7.17. The van der Waals surface area contributed by atoms with Crippen molar-refractivity contribution in [2.24, 2.45) is 0 Å². The van der Waals surface area contributed by atoms with Crippen LogP contribution in [0.4, 0.5) is 5.82 Å². The van der Waals surface area contributed by atoms with Crippen LogP contribution in [0.1, 0.15) is 44.9 Å². The number of carbonyl (C=O) groups is 2. The first-order chi connectivity index (χ1) is 14.2. The average Bonchev–Trinajstić information content (AvgIpc) is 3.44. The Labute approximate surface area is 174 Å². The molecule has 3 saturated heterocycles. The van der Waals surface area contributed by atoms with Crippen molar-refractivity contribution in [1.29, 1.82) is 0 Å². The van der Waals surface area contributed by atoms with Gasteiger partial charge in [-0.25, -0.2) is 9.97 Å². The van der Waals surface area contributed by atoms with Gasteiger partial charge in [0.2, 0.25) is 11.8 Å². The van der Waals surface area contributed by atoms with Crippen LogP contribution in [0.3, 0.4) is 0 Å². The Morgan fingerprint density at radius 1 is 1.07 bits per heavy atom. The maximum absolute atomic E-state index is 12.8. The van der Waals surface area contributed by atoms with E-state index >= 15 is 0 Å². The lowest BCUT2D eigenvalue weighted by Gasteiger charge is -2.38. The van der Waals surface area contributed by atoms with E-state index in [0.29, 0.717) is 6.42 Å². The van der Waals surface area contributed by atoms with Gasteiger partial charge in [0.05, 0.1) is 10.2 Å². The van der Waals surface area contributed by atoms with E-state index in [2.05, 4.69) is 20.2 Å². The van der Waals surface area contributed by atoms with Crippen LogP contribution in [-0.4, -0.2) is 69.8 Å². The monoisotopic (exact) mass is 413 g/mol. The van der Waals surface area contributed by atoms with Gasteiger partial charge < -0.3 is 14.7 Å². The fraction of sp³-hybridized carbons (Fsp3) is 0.619. The Morgan fingerprint density at radius 2 is 1.93 bits per heavy atom. The Morgan fingerprint density at radius 3 is 2.79 bits per heavy atom. The van der Waals surface area contributed by atoms with E-state index < -0.39 is 0 Å². The molecule has 1 spiro atoms. The van der Waals surface area contributed by atoms with Crippen LogP contribution >= 0.6 is 11.3 Å². The van der Waals surface area contributed by atoms with Crippen molar-refractivity contribution in [3.63, 3.8) is 0 Å². The lowest BCUT2D eigenvalue weighted by molar-refractivity contribution is -0.141. The van der Waals surface area contributed by atoms with E-state index in [0.717, 1.165) is 80.7 Å². The first-order valence-electron chi connectivity index (χ1n) is 10.7. The molecule has 8 heteroatoms. The number of carbonyl (C=O) groups excluding carboxylic acids is 2. The summed E-state index contributed by atoms with van der Waals surface area (Å²) >= 11 is 1.68. The molecule has 5 rings (SSSR count). The van der Waals surface area contributed by atoms with Gasteiger partial charge in [-0.2, -0.15) is 0 Å². The van der Waals surface area contributed by atoms with Crippen molar-refractivity contribution in [3.05, 3.63) is 17.8 Å². The number of hydrogen-bond donors (Lipinski definition) is 0. The molecule has 29 heavy (non-hydrogen) atoms. The average molecular weight is 414 g/mol. The molecule has 1 atom stereocenters. The Kier molecular flexibility index (Phi) is 4.89. The number of aromatic nitrogens is 2. The Hall–Kier alpha value is -2.22. The molecular formula is C21H27N5O2S. The highest BCUT2D eigenvalue weighted by Crippen LogP contribution is 2.40. The minimum absolute atomic E-state index is 0.120. The molecule has 5 heterocycles. The normalized spacial score (nSPS) is 25.4. The van der Waals surface area contributed by atoms with E-state index in [1.54, 1.807) is 17.7 Å². The van der Waals surface area contributed by atoms with Gasteiger partial charge >= 0.3 is 0 Å². The van der Waals surface area contributed by atoms with Crippen LogP contribution in [0.25, 0.3) is 10.2 Å². The van der Waals surface area contributed by atoms with E-state index in [1.165, 1.54) is 0 Å². The summed E-state index contributed by atoms with van der Waals surface area (Å²) in [7, 11) is 0. The van der Waals surface area contributed by atoms with E-state index in [1.807, 2.05) is 15.9 Å². The number of fused-ring (bicyclic) bond motifs is 1. The van der Waals surface area contributed by atoms with Crippen LogP contribution in [0.5, 0.6) is 0 Å². The van der Waals surface area contributed by atoms with Gasteiger partial charge in [0.25, 0.3) is 0 Å². The van der Waals surface area contributed by atoms with Crippen LogP contribution in [0, 0.1) is 0 Å². The molecule has 154 valence electrons. The maximum atomic E-state index is 12.8. The molecule has 0 unspecified atom stereocenters. The van der Waals surface area contributed by atoms with Gasteiger partial charge in [-0.05, 0) is 50.0 Å². The zero-order valence-corrected chi connectivity index (χ0v) is 17.5. The summed E-state index contributed by atoms with van der Waals surface area (Å²) in [5.41, 5.74) is 0.816. The van der Waals surface area contributed by atoms with Crippen LogP contribution < -0.4 is 4.90 Å². The van der Waals surface area contributed by atoms with Crippen LogP contribution in [-0.2, 0) is 9.59 Å². The standard InChI is InChI=1S/C21H27N5O2S/c27-17-4-7-21(26(17)14-18(28)24-9-1-2-10-24)6-3-11-25(12-8-21)20-19-16(5-13-29-19)22-15-23-20/h5,13,15H,1-4,6-12,14H2/t21-/m1/s1. The van der Waals surface area contributed by atoms with Crippen molar-refractivity contribution >= 4 is 39.2 Å². The molecule has 2 aromatic rings. The second-order valence-electron chi connectivity index (χ2n) is 8.46. The molecule has 7 nitrogen and oxygen atoms in total. The van der Waals surface area contributed by atoms with Crippen molar-refractivity contribution < 1.29 is 9.59 Å². The number of likely N-dealkylation sites (tertiary alicyclic amines) is 2.